The number of carbonyl (C=O) groups excluding carboxylic acids is 2. The average molecular weight is 459 g/mol. The smallest absolute Gasteiger partial charge is 0.407 e. The molecule has 34 heavy (non-hydrogen) atoms. The second kappa shape index (κ2) is 10.2. The second-order valence-corrected chi connectivity index (χ2v) is 8.23. The van der Waals surface area contributed by atoms with E-state index in [4.69, 9.17) is 9.84 Å². The van der Waals surface area contributed by atoms with Crippen LogP contribution in [0.3, 0.4) is 0 Å². The molecule has 3 aromatic rings. The van der Waals surface area contributed by atoms with Gasteiger partial charge in [0.15, 0.2) is 0 Å². The first-order valence-corrected chi connectivity index (χ1v) is 11.2. The SMILES string of the molecule is CC(NC(=O)OCC1c2ccccc2-c2ccccc21)C(=O)Nc1ccccc1CCC(=O)O. The predicted octanol–water partition coefficient (Wildman–Crippen LogP) is 4.57. The number of benzene rings is 3. The van der Waals surface area contributed by atoms with Crippen LogP contribution in [-0.2, 0) is 20.7 Å². The number of ether oxygens (including phenoxy) is 1. The summed E-state index contributed by atoms with van der Waals surface area (Å²) in [5.74, 6) is -1.40. The molecular weight excluding hydrogens is 432 g/mol. The van der Waals surface area contributed by atoms with Gasteiger partial charge in [-0.25, -0.2) is 4.79 Å². The quantitative estimate of drug-likeness (QED) is 0.459. The van der Waals surface area contributed by atoms with E-state index in [0.717, 1.165) is 22.3 Å². The van der Waals surface area contributed by atoms with Crippen LogP contribution in [0.5, 0.6) is 0 Å². The summed E-state index contributed by atoms with van der Waals surface area (Å²) < 4.78 is 5.50. The number of carboxylic acid groups (broad SMARTS) is 1. The van der Waals surface area contributed by atoms with Crippen LogP contribution in [0.15, 0.2) is 72.8 Å². The lowest BCUT2D eigenvalue weighted by Gasteiger charge is -2.18. The van der Waals surface area contributed by atoms with Gasteiger partial charge < -0.3 is 20.5 Å². The Hall–Kier alpha value is -4.13. The van der Waals surface area contributed by atoms with Crippen LogP contribution in [0.4, 0.5) is 10.5 Å². The van der Waals surface area contributed by atoms with E-state index >= 15 is 0 Å². The molecule has 3 N–H and O–H groups in total. The van der Waals surface area contributed by atoms with Crippen molar-refractivity contribution in [3.8, 4) is 11.1 Å². The Balaban J connectivity index is 1.34. The monoisotopic (exact) mass is 458 g/mol. The van der Waals surface area contributed by atoms with Crippen molar-refractivity contribution < 1.29 is 24.2 Å². The highest BCUT2D eigenvalue weighted by Gasteiger charge is 2.29. The number of nitrogens with one attached hydrogen (secondary N) is 2. The van der Waals surface area contributed by atoms with Crippen molar-refractivity contribution >= 4 is 23.7 Å². The number of carboxylic acids is 1. The first kappa shape index (κ1) is 23.0. The average Bonchev–Trinajstić information content (AvgIpc) is 3.16. The van der Waals surface area contributed by atoms with Crippen molar-refractivity contribution in [2.24, 2.45) is 0 Å². The number of anilines is 1. The lowest BCUT2D eigenvalue weighted by atomic mass is 9.98. The number of amides is 2. The van der Waals surface area contributed by atoms with E-state index in [1.54, 1.807) is 31.2 Å². The molecule has 174 valence electrons. The summed E-state index contributed by atoms with van der Waals surface area (Å²) in [5.41, 5.74) is 5.74. The van der Waals surface area contributed by atoms with Gasteiger partial charge in [-0.15, -0.1) is 0 Å². The van der Waals surface area contributed by atoms with Gasteiger partial charge in [-0.2, -0.15) is 0 Å². The Morgan fingerprint density at radius 1 is 0.912 bits per heavy atom. The van der Waals surface area contributed by atoms with Crippen LogP contribution >= 0.6 is 0 Å². The predicted molar refractivity (Wildman–Crippen MR) is 129 cm³/mol. The number of fused-ring (bicyclic) bond motifs is 3. The molecule has 0 aromatic heterocycles. The number of rotatable bonds is 8. The molecule has 2 amide bonds. The Bertz CT molecular complexity index is 1180. The molecule has 1 atom stereocenters. The van der Waals surface area contributed by atoms with Crippen LogP contribution in [0.25, 0.3) is 11.1 Å². The van der Waals surface area contributed by atoms with Gasteiger partial charge in [0.25, 0.3) is 0 Å². The van der Waals surface area contributed by atoms with Gasteiger partial charge in [0.1, 0.15) is 12.6 Å². The zero-order chi connectivity index (χ0) is 24.1. The molecular formula is C27H26N2O5. The van der Waals surface area contributed by atoms with Crippen molar-refractivity contribution in [1.29, 1.82) is 0 Å². The minimum Gasteiger partial charge on any atom is -0.481 e. The van der Waals surface area contributed by atoms with Gasteiger partial charge in [-0.05, 0) is 47.2 Å². The second-order valence-electron chi connectivity index (χ2n) is 8.23. The molecule has 0 aliphatic heterocycles. The molecule has 1 aliphatic rings. The summed E-state index contributed by atoms with van der Waals surface area (Å²) >= 11 is 0. The van der Waals surface area contributed by atoms with E-state index < -0.39 is 24.0 Å². The van der Waals surface area contributed by atoms with Crippen molar-refractivity contribution in [3.05, 3.63) is 89.5 Å². The van der Waals surface area contributed by atoms with Crippen molar-refractivity contribution in [2.45, 2.75) is 31.7 Å². The largest absolute Gasteiger partial charge is 0.481 e. The maximum Gasteiger partial charge on any atom is 0.407 e. The van der Waals surface area contributed by atoms with Gasteiger partial charge in [-0.3, -0.25) is 9.59 Å². The van der Waals surface area contributed by atoms with E-state index in [0.29, 0.717) is 17.7 Å². The summed E-state index contributed by atoms with van der Waals surface area (Å²) in [6, 6.07) is 22.3. The zero-order valence-corrected chi connectivity index (χ0v) is 18.8. The third kappa shape index (κ3) is 5.09. The standard InChI is InChI=1S/C27H26N2O5/c1-17(26(32)29-24-13-7-2-8-18(24)14-15-25(30)31)28-27(33)34-16-23-21-11-5-3-9-19(21)20-10-4-6-12-22(20)23/h2-13,17,23H,14-16H2,1H3,(H,28,33)(H,29,32)(H,30,31). The molecule has 7 heteroatoms. The van der Waals surface area contributed by atoms with Gasteiger partial charge in [0.05, 0.1) is 0 Å². The van der Waals surface area contributed by atoms with Gasteiger partial charge in [-0.1, -0.05) is 66.7 Å². The molecule has 0 spiro atoms. The molecule has 0 heterocycles. The minimum atomic E-state index is -0.911. The highest BCUT2D eigenvalue weighted by Crippen LogP contribution is 2.44. The summed E-state index contributed by atoms with van der Waals surface area (Å²) in [6.07, 6.45) is -0.427. The molecule has 0 bridgehead atoms. The van der Waals surface area contributed by atoms with E-state index in [9.17, 15) is 14.4 Å². The summed E-state index contributed by atoms with van der Waals surface area (Å²) in [7, 11) is 0. The molecule has 3 aromatic carbocycles. The highest BCUT2D eigenvalue weighted by atomic mass is 16.5. The maximum atomic E-state index is 12.6. The Kier molecular flexibility index (Phi) is 6.92. The van der Waals surface area contributed by atoms with Crippen LogP contribution in [-0.4, -0.2) is 35.7 Å². The van der Waals surface area contributed by atoms with Gasteiger partial charge in [0.2, 0.25) is 5.91 Å². The minimum absolute atomic E-state index is 0.0412. The zero-order valence-electron chi connectivity index (χ0n) is 18.8. The first-order valence-electron chi connectivity index (χ1n) is 11.2. The fourth-order valence-corrected chi connectivity index (χ4v) is 4.23. The van der Waals surface area contributed by atoms with E-state index in [2.05, 4.69) is 22.8 Å². The van der Waals surface area contributed by atoms with Crippen LogP contribution in [0.2, 0.25) is 0 Å². The number of alkyl carbamates (subject to hydrolysis) is 1. The number of aryl methyl sites for hydroxylation is 1. The Morgan fingerprint density at radius 3 is 2.15 bits per heavy atom. The van der Waals surface area contributed by atoms with Crippen LogP contribution < -0.4 is 10.6 Å². The van der Waals surface area contributed by atoms with Gasteiger partial charge in [0, 0.05) is 18.0 Å². The van der Waals surface area contributed by atoms with Crippen molar-refractivity contribution in [2.75, 3.05) is 11.9 Å². The summed E-state index contributed by atoms with van der Waals surface area (Å²) in [5, 5.41) is 14.3. The fourth-order valence-electron chi connectivity index (χ4n) is 4.23. The number of carbonyl (C=O) groups is 3. The maximum absolute atomic E-state index is 12.6. The van der Waals surface area contributed by atoms with E-state index in [-0.39, 0.29) is 18.9 Å². The number of hydrogen-bond acceptors (Lipinski definition) is 4. The van der Waals surface area contributed by atoms with Crippen molar-refractivity contribution in [1.82, 2.24) is 5.32 Å². The molecule has 0 saturated carbocycles. The van der Waals surface area contributed by atoms with E-state index in [1.807, 2.05) is 36.4 Å². The van der Waals surface area contributed by atoms with E-state index in [1.165, 1.54) is 0 Å². The third-order valence-electron chi connectivity index (χ3n) is 5.95. The Labute approximate surface area is 197 Å². The molecule has 0 radical (unpaired) electrons. The third-order valence-corrected chi connectivity index (χ3v) is 5.95. The molecule has 0 fully saturated rings. The lowest BCUT2D eigenvalue weighted by Crippen LogP contribution is -2.42. The molecule has 1 unspecified atom stereocenters. The number of aliphatic carboxylic acids is 1. The normalized spacial score (nSPS) is 12.9. The first-order chi connectivity index (χ1) is 16.4. The molecule has 7 nitrogen and oxygen atoms in total. The van der Waals surface area contributed by atoms with Crippen molar-refractivity contribution in [3.63, 3.8) is 0 Å². The molecule has 1 aliphatic carbocycles. The topological polar surface area (TPSA) is 105 Å². The van der Waals surface area contributed by atoms with Gasteiger partial charge >= 0.3 is 12.1 Å². The highest BCUT2D eigenvalue weighted by molar-refractivity contribution is 5.96. The fraction of sp³-hybridized carbons (Fsp3) is 0.222. The lowest BCUT2D eigenvalue weighted by molar-refractivity contribution is -0.137. The van der Waals surface area contributed by atoms with Crippen LogP contribution in [0.1, 0.15) is 36.0 Å². The number of hydrogen-bond donors (Lipinski definition) is 3. The molecule has 4 rings (SSSR count). The summed E-state index contributed by atoms with van der Waals surface area (Å²) in [6.45, 7) is 1.73. The number of para-hydroxylation sites is 1. The van der Waals surface area contributed by atoms with Crippen LogP contribution in [0, 0.1) is 0 Å². The Morgan fingerprint density at radius 2 is 1.50 bits per heavy atom. The summed E-state index contributed by atoms with van der Waals surface area (Å²) in [4.78, 5) is 36.0. The molecule has 0 saturated heterocycles.